The fourth-order valence-corrected chi connectivity index (χ4v) is 4.50. The number of likely N-dealkylation sites (tertiary alicyclic amines) is 1. The van der Waals surface area contributed by atoms with Crippen molar-refractivity contribution in [1.29, 1.82) is 0 Å². The highest BCUT2D eigenvalue weighted by molar-refractivity contribution is 6.34. The Morgan fingerprint density at radius 1 is 1.33 bits per heavy atom. The molecule has 1 aliphatic heterocycles. The lowest BCUT2D eigenvalue weighted by Gasteiger charge is -2.41. The molecule has 2 amide bonds. The molecule has 4 rings (SSSR count). The zero-order valence-electron chi connectivity index (χ0n) is 15.8. The minimum atomic E-state index is -0.194. The smallest absolute Gasteiger partial charge is 0.289 e. The number of carbonyl (C=O) groups is 2. The summed E-state index contributed by atoms with van der Waals surface area (Å²) >= 11 is 6.15. The standard InChI is InChI=1S/C21H25ClN2O3/c1-21(9-5-10-21)20(26)24-11-4-7-15(24)13-23(2)19(25)17-12-14-6-3-8-16(22)18(14)27-17/h3,6,8,12,15H,4-5,7,9-11,13H2,1-2H3. The van der Waals surface area contributed by atoms with Crippen LogP contribution in [0.5, 0.6) is 0 Å². The maximum absolute atomic E-state index is 12.9. The minimum absolute atomic E-state index is 0.0804. The molecule has 2 fully saturated rings. The molecule has 2 aromatic rings. The molecule has 1 saturated carbocycles. The van der Waals surface area contributed by atoms with Gasteiger partial charge in [0.1, 0.15) is 0 Å². The third-order valence-electron chi connectivity index (χ3n) is 6.15. The molecule has 1 atom stereocenters. The van der Waals surface area contributed by atoms with Gasteiger partial charge in [0, 0.05) is 37.0 Å². The SMILES string of the molecule is CN(CC1CCCN1C(=O)C1(C)CCC1)C(=O)c1cc2cccc(Cl)c2o1. The summed E-state index contributed by atoms with van der Waals surface area (Å²) in [6.07, 6.45) is 5.01. The van der Waals surface area contributed by atoms with Gasteiger partial charge in [-0.3, -0.25) is 9.59 Å². The first-order valence-electron chi connectivity index (χ1n) is 9.64. The van der Waals surface area contributed by atoms with Gasteiger partial charge in [0.25, 0.3) is 5.91 Å². The zero-order chi connectivity index (χ0) is 19.2. The van der Waals surface area contributed by atoms with Gasteiger partial charge >= 0.3 is 0 Å². The van der Waals surface area contributed by atoms with E-state index in [4.69, 9.17) is 16.0 Å². The van der Waals surface area contributed by atoms with E-state index < -0.39 is 0 Å². The van der Waals surface area contributed by atoms with Crippen LogP contribution in [0.3, 0.4) is 0 Å². The predicted octanol–water partition coefficient (Wildman–Crippen LogP) is 4.34. The van der Waals surface area contributed by atoms with Gasteiger partial charge in [-0.2, -0.15) is 0 Å². The second-order valence-electron chi connectivity index (χ2n) is 8.16. The summed E-state index contributed by atoms with van der Waals surface area (Å²) in [7, 11) is 1.77. The van der Waals surface area contributed by atoms with Crippen molar-refractivity contribution in [2.24, 2.45) is 5.41 Å². The van der Waals surface area contributed by atoms with Crippen LogP contribution in [-0.2, 0) is 4.79 Å². The lowest BCUT2D eigenvalue weighted by Crippen LogP contribution is -2.51. The van der Waals surface area contributed by atoms with Crippen molar-refractivity contribution in [3.63, 3.8) is 0 Å². The van der Waals surface area contributed by atoms with E-state index in [0.29, 0.717) is 17.2 Å². The van der Waals surface area contributed by atoms with Crippen LogP contribution in [0.15, 0.2) is 28.7 Å². The summed E-state index contributed by atoms with van der Waals surface area (Å²) in [5, 5.41) is 1.31. The summed E-state index contributed by atoms with van der Waals surface area (Å²) in [5.74, 6) is 0.353. The van der Waals surface area contributed by atoms with E-state index in [0.717, 1.165) is 44.0 Å². The van der Waals surface area contributed by atoms with Crippen molar-refractivity contribution in [3.8, 4) is 0 Å². The molecule has 1 saturated heterocycles. The maximum atomic E-state index is 12.9. The van der Waals surface area contributed by atoms with E-state index in [1.165, 1.54) is 0 Å². The molecule has 2 aliphatic rings. The van der Waals surface area contributed by atoms with Gasteiger partial charge in [0.05, 0.1) is 5.02 Å². The van der Waals surface area contributed by atoms with Crippen molar-refractivity contribution in [1.82, 2.24) is 9.80 Å². The van der Waals surface area contributed by atoms with E-state index in [9.17, 15) is 9.59 Å². The fourth-order valence-electron chi connectivity index (χ4n) is 4.28. The Labute approximate surface area is 164 Å². The van der Waals surface area contributed by atoms with Gasteiger partial charge in [-0.25, -0.2) is 0 Å². The number of halogens is 1. The van der Waals surface area contributed by atoms with Gasteiger partial charge < -0.3 is 14.2 Å². The van der Waals surface area contributed by atoms with Gasteiger partial charge in [-0.05, 0) is 37.8 Å². The van der Waals surface area contributed by atoms with Crippen molar-refractivity contribution in [3.05, 3.63) is 35.0 Å². The van der Waals surface area contributed by atoms with Crippen LogP contribution in [0, 0.1) is 5.41 Å². The highest BCUT2D eigenvalue weighted by Crippen LogP contribution is 2.43. The van der Waals surface area contributed by atoms with Gasteiger partial charge in [0.2, 0.25) is 5.91 Å². The first kappa shape index (κ1) is 18.4. The van der Waals surface area contributed by atoms with E-state index >= 15 is 0 Å². The highest BCUT2D eigenvalue weighted by Gasteiger charge is 2.44. The summed E-state index contributed by atoms with van der Waals surface area (Å²) in [5.41, 5.74) is 0.340. The molecule has 144 valence electrons. The number of rotatable bonds is 4. The second kappa shape index (κ2) is 6.86. The number of likely N-dealkylation sites (N-methyl/N-ethyl adjacent to an activating group) is 1. The summed E-state index contributed by atoms with van der Waals surface area (Å²) in [6.45, 7) is 3.38. The zero-order valence-corrected chi connectivity index (χ0v) is 16.6. The number of benzene rings is 1. The minimum Gasteiger partial charge on any atom is -0.449 e. The Morgan fingerprint density at radius 3 is 2.78 bits per heavy atom. The first-order valence-corrected chi connectivity index (χ1v) is 10.0. The number of furan rings is 1. The monoisotopic (exact) mass is 388 g/mol. The Kier molecular flexibility index (Phi) is 4.66. The molecular weight excluding hydrogens is 364 g/mol. The molecule has 1 unspecified atom stereocenters. The topological polar surface area (TPSA) is 53.8 Å². The van der Waals surface area contributed by atoms with E-state index in [1.807, 2.05) is 17.0 Å². The normalized spacial score (nSPS) is 21.3. The highest BCUT2D eigenvalue weighted by atomic mass is 35.5. The average Bonchev–Trinajstić information content (AvgIpc) is 3.26. The molecule has 0 bridgehead atoms. The molecule has 0 N–H and O–H groups in total. The summed E-state index contributed by atoms with van der Waals surface area (Å²) in [4.78, 5) is 29.4. The third kappa shape index (κ3) is 3.22. The number of hydrogen-bond donors (Lipinski definition) is 0. The lowest BCUT2D eigenvalue weighted by molar-refractivity contribution is -0.147. The molecule has 0 spiro atoms. The molecule has 2 heterocycles. The van der Waals surface area contributed by atoms with Gasteiger partial charge in [0.15, 0.2) is 11.3 Å². The third-order valence-corrected chi connectivity index (χ3v) is 6.45. The number of nitrogens with zero attached hydrogens (tertiary/aromatic N) is 2. The summed E-state index contributed by atoms with van der Waals surface area (Å²) in [6, 6.07) is 7.26. The number of hydrogen-bond acceptors (Lipinski definition) is 3. The predicted molar refractivity (Wildman–Crippen MR) is 105 cm³/mol. The Hall–Kier alpha value is -2.01. The second-order valence-corrected chi connectivity index (χ2v) is 8.57. The van der Waals surface area contributed by atoms with Gasteiger partial charge in [-0.15, -0.1) is 0 Å². The number of fused-ring (bicyclic) bond motifs is 1. The number of para-hydroxylation sites is 1. The molecule has 1 aromatic carbocycles. The fraction of sp³-hybridized carbons (Fsp3) is 0.524. The van der Waals surface area contributed by atoms with Crippen molar-refractivity contribution in [2.45, 2.75) is 45.1 Å². The molecule has 1 aromatic heterocycles. The van der Waals surface area contributed by atoms with Crippen LogP contribution < -0.4 is 0 Å². The van der Waals surface area contributed by atoms with Crippen molar-refractivity contribution >= 4 is 34.4 Å². The average molecular weight is 389 g/mol. The Bertz CT molecular complexity index is 887. The van der Waals surface area contributed by atoms with E-state index in [-0.39, 0.29) is 29.0 Å². The van der Waals surface area contributed by atoms with Crippen LogP contribution in [0.2, 0.25) is 5.02 Å². The van der Waals surface area contributed by atoms with Crippen molar-refractivity contribution in [2.75, 3.05) is 20.1 Å². The van der Waals surface area contributed by atoms with Crippen LogP contribution in [0.25, 0.3) is 11.0 Å². The maximum Gasteiger partial charge on any atom is 0.289 e. The largest absolute Gasteiger partial charge is 0.449 e. The molecule has 6 heteroatoms. The molecule has 27 heavy (non-hydrogen) atoms. The quantitative estimate of drug-likeness (QED) is 0.782. The van der Waals surface area contributed by atoms with Crippen molar-refractivity contribution < 1.29 is 14.0 Å². The number of amides is 2. The Morgan fingerprint density at radius 2 is 2.11 bits per heavy atom. The number of carbonyl (C=O) groups excluding carboxylic acids is 2. The van der Waals surface area contributed by atoms with Crippen LogP contribution in [0.1, 0.15) is 49.6 Å². The van der Waals surface area contributed by atoms with Gasteiger partial charge in [-0.1, -0.05) is 37.1 Å². The molecule has 0 radical (unpaired) electrons. The van der Waals surface area contributed by atoms with Crippen LogP contribution in [0.4, 0.5) is 0 Å². The van der Waals surface area contributed by atoms with Crippen LogP contribution >= 0.6 is 11.6 Å². The first-order chi connectivity index (χ1) is 12.9. The lowest BCUT2D eigenvalue weighted by atomic mass is 9.69. The molecule has 1 aliphatic carbocycles. The van der Waals surface area contributed by atoms with E-state index in [2.05, 4.69) is 6.92 Å². The molecular formula is C21H25ClN2O3. The summed E-state index contributed by atoms with van der Waals surface area (Å²) < 4.78 is 5.70. The molecule has 5 nitrogen and oxygen atoms in total. The Balaban J connectivity index is 1.47. The van der Waals surface area contributed by atoms with Crippen LogP contribution in [-0.4, -0.2) is 47.8 Å². The van der Waals surface area contributed by atoms with E-state index in [1.54, 1.807) is 24.1 Å².